The molecule has 2 heteroatoms. The first-order chi connectivity index (χ1) is 26.8. The second-order valence-electron chi connectivity index (χ2n) is 15.9. The molecule has 266 valence electrons. The third kappa shape index (κ3) is 5.75. The summed E-state index contributed by atoms with van der Waals surface area (Å²) >= 11 is 1.87. The van der Waals surface area contributed by atoms with Crippen molar-refractivity contribution in [1.82, 2.24) is 0 Å². The summed E-state index contributed by atoms with van der Waals surface area (Å²) in [6, 6.07) is 60.6. The molecule has 0 aliphatic heterocycles. The Labute approximate surface area is 328 Å². The van der Waals surface area contributed by atoms with Gasteiger partial charge < -0.3 is 4.90 Å². The Hall–Kier alpha value is -5.96. The molecule has 2 unspecified atom stereocenters. The maximum Gasteiger partial charge on any atom is 0.0467 e. The largest absolute Gasteiger partial charge is 0.310 e. The quantitative estimate of drug-likeness (QED) is 0.165. The molecule has 0 bridgehead atoms. The highest BCUT2D eigenvalue weighted by molar-refractivity contribution is 7.25. The molecular formula is C53H43NS. The summed E-state index contributed by atoms with van der Waals surface area (Å²) in [4.78, 5) is 2.41. The van der Waals surface area contributed by atoms with Crippen LogP contribution in [0.15, 0.2) is 187 Å². The molecule has 0 saturated carbocycles. The number of thiophene rings is 1. The first-order valence-corrected chi connectivity index (χ1v) is 20.3. The highest BCUT2D eigenvalue weighted by Gasteiger charge is 2.44. The second-order valence-corrected chi connectivity index (χ2v) is 17.0. The molecule has 0 fully saturated rings. The Bertz CT molecular complexity index is 2820. The van der Waals surface area contributed by atoms with Crippen LogP contribution < -0.4 is 4.90 Å². The van der Waals surface area contributed by atoms with Crippen LogP contribution in [-0.4, -0.2) is 0 Å². The lowest BCUT2D eigenvalue weighted by Crippen LogP contribution is -2.20. The summed E-state index contributed by atoms with van der Waals surface area (Å²) < 4.78 is 2.66. The molecule has 0 radical (unpaired) electrons. The fraction of sp³-hybridized carbons (Fsp3) is 0.132. The summed E-state index contributed by atoms with van der Waals surface area (Å²) in [6.45, 7) is 9.43. The average Bonchev–Trinajstić information content (AvgIpc) is 3.70. The molecule has 0 amide bonds. The molecule has 1 heterocycles. The monoisotopic (exact) mass is 725 g/mol. The molecule has 2 aliphatic carbocycles. The van der Waals surface area contributed by atoms with Crippen LogP contribution in [0.1, 0.15) is 44.7 Å². The number of fused-ring (bicyclic) bond motifs is 6. The number of benzene rings is 7. The zero-order chi connectivity index (χ0) is 37.3. The average molecular weight is 726 g/mol. The molecule has 1 aromatic heterocycles. The maximum absolute atomic E-state index is 2.48. The van der Waals surface area contributed by atoms with Crippen LogP contribution in [0, 0.1) is 5.92 Å². The predicted octanol–water partition coefficient (Wildman–Crippen LogP) is 15.4. The van der Waals surface area contributed by atoms with Gasteiger partial charge in [-0.15, -0.1) is 11.3 Å². The van der Waals surface area contributed by atoms with E-state index in [0.717, 1.165) is 17.1 Å². The van der Waals surface area contributed by atoms with Crippen molar-refractivity contribution < 1.29 is 0 Å². The lowest BCUT2D eigenvalue weighted by atomic mass is 9.74. The third-order valence-electron chi connectivity index (χ3n) is 12.0. The van der Waals surface area contributed by atoms with Crippen LogP contribution >= 0.6 is 11.3 Å². The smallest absolute Gasteiger partial charge is 0.0467 e. The first kappa shape index (κ1) is 33.6. The van der Waals surface area contributed by atoms with E-state index in [1.165, 1.54) is 70.3 Å². The predicted molar refractivity (Wildman–Crippen MR) is 237 cm³/mol. The Morgan fingerprint density at radius 3 is 1.85 bits per heavy atom. The van der Waals surface area contributed by atoms with Gasteiger partial charge in [-0.3, -0.25) is 0 Å². The van der Waals surface area contributed by atoms with E-state index in [9.17, 15) is 0 Å². The summed E-state index contributed by atoms with van der Waals surface area (Å²) in [5.41, 5.74) is 16.6. The summed E-state index contributed by atoms with van der Waals surface area (Å²) in [6.07, 6.45) is 4.89. The molecule has 8 aromatic rings. The van der Waals surface area contributed by atoms with Gasteiger partial charge in [-0.05, 0) is 106 Å². The van der Waals surface area contributed by atoms with Gasteiger partial charge in [-0.25, -0.2) is 0 Å². The van der Waals surface area contributed by atoms with Crippen LogP contribution in [0.4, 0.5) is 17.1 Å². The van der Waals surface area contributed by atoms with Crippen molar-refractivity contribution in [2.45, 2.75) is 39.0 Å². The number of hydrogen-bond acceptors (Lipinski definition) is 2. The zero-order valence-corrected chi connectivity index (χ0v) is 32.6. The van der Waals surface area contributed by atoms with Crippen LogP contribution in [0.3, 0.4) is 0 Å². The third-order valence-corrected chi connectivity index (χ3v) is 13.2. The van der Waals surface area contributed by atoms with E-state index < -0.39 is 0 Å². The van der Waals surface area contributed by atoms with Gasteiger partial charge in [0.15, 0.2) is 0 Å². The highest BCUT2D eigenvalue weighted by Crippen LogP contribution is 2.56. The van der Waals surface area contributed by atoms with E-state index in [1.54, 1.807) is 5.57 Å². The van der Waals surface area contributed by atoms with E-state index in [2.05, 4.69) is 209 Å². The number of anilines is 3. The van der Waals surface area contributed by atoms with Crippen molar-refractivity contribution in [2.24, 2.45) is 5.92 Å². The van der Waals surface area contributed by atoms with E-state index in [0.29, 0.717) is 11.8 Å². The summed E-state index contributed by atoms with van der Waals surface area (Å²) in [5.74, 6) is 0.900. The molecule has 7 aromatic carbocycles. The Morgan fingerprint density at radius 1 is 0.509 bits per heavy atom. The topological polar surface area (TPSA) is 3.24 Å². The van der Waals surface area contributed by atoms with Crippen LogP contribution in [-0.2, 0) is 5.41 Å². The fourth-order valence-corrected chi connectivity index (χ4v) is 10.5. The zero-order valence-electron chi connectivity index (χ0n) is 31.8. The molecule has 55 heavy (non-hydrogen) atoms. The Morgan fingerprint density at radius 2 is 1.09 bits per heavy atom. The van der Waals surface area contributed by atoms with Crippen LogP contribution in [0.2, 0.25) is 0 Å². The van der Waals surface area contributed by atoms with Crippen molar-refractivity contribution in [2.75, 3.05) is 4.90 Å². The molecule has 10 rings (SSSR count). The van der Waals surface area contributed by atoms with Crippen molar-refractivity contribution >= 4 is 48.6 Å². The van der Waals surface area contributed by atoms with Gasteiger partial charge in [0.05, 0.1) is 0 Å². The number of nitrogens with zero attached hydrogens (tertiary/aromatic N) is 1. The Balaban J connectivity index is 1.06. The lowest BCUT2D eigenvalue weighted by Gasteiger charge is -2.30. The fourth-order valence-electron chi connectivity index (χ4n) is 9.36. The van der Waals surface area contributed by atoms with Crippen molar-refractivity contribution in [3.63, 3.8) is 0 Å². The van der Waals surface area contributed by atoms with E-state index in [4.69, 9.17) is 0 Å². The Kier molecular flexibility index (Phi) is 8.01. The molecule has 2 atom stereocenters. The second kappa shape index (κ2) is 13.1. The molecule has 0 saturated heterocycles. The van der Waals surface area contributed by atoms with Gasteiger partial charge in [0.2, 0.25) is 0 Å². The van der Waals surface area contributed by atoms with Crippen molar-refractivity contribution in [1.29, 1.82) is 0 Å². The normalized spacial score (nSPS) is 17.1. The summed E-state index contributed by atoms with van der Waals surface area (Å²) in [5, 5.41) is 2.66. The van der Waals surface area contributed by atoms with Gasteiger partial charge in [-0.2, -0.15) is 0 Å². The van der Waals surface area contributed by atoms with Gasteiger partial charge in [0.25, 0.3) is 0 Å². The molecule has 0 spiro atoms. The van der Waals surface area contributed by atoms with Crippen molar-refractivity contribution in [3.05, 3.63) is 198 Å². The van der Waals surface area contributed by atoms with Gasteiger partial charge in [0.1, 0.15) is 0 Å². The molecule has 1 nitrogen and oxygen atoms in total. The first-order valence-electron chi connectivity index (χ1n) is 19.4. The number of allylic oxidation sites excluding steroid dienone is 4. The van der Waals surface area contributed by atoms with Crippen LogP contribution in [0.25, 0.3) is 53.6 Å². The minimum atomic E-state index is 0.0283. The van der Waals surface area contributed by atoms with E-state index in [1.807, 2.05) is 11.3 Å². The number of rotatable bonds is 6. The molecule has 0 N–H and O–H groups in total. The molecule has 2 aliphatic rings. The van der Waals surface area contributed by atoms with Gasteiger partial charge in [0, 0.05) is 48.6 Å². The van der Waals surface area contributed by atoms with Gasteiger partial charge >= 0.3 is 0 Å². The minimum Gasteiger partial charge on any atom is -0.310 e. The van der Waals surface area contributed by atoms with Gasteiger partial charge in [-0.1, -0.05) is 159 Å². The van der Waals surface area contributed by atoms with E-state index >= 15 is 0 Å². The highest BCUT2D eigenvalue weighted by atomic mass is 32.1. The van der Waals surface area contributed by atoms with Crippen LogP contribution in [0.5, 0.6) is 0 Å². The minimum absolute atomic E-state index is 0.0283. The standard InChI is InChI=1S/C53H43NS/c1-34-28-35(2)52-47-32-40(23-27-48(47)53(3,4)49(52)29-34)39-15-11-17-44(31-39)54(43-16-10-14-38(30-43)36-12-6-5-7-13-36)42-24-20-37(21-25-42)41-22-26-46-45-18-8-9-19-50(45)55-51(46)33-41/h5-33,35,52H,1-4H3. The maximum atomic E-state index is 2.48. The van der Waals surface area contributed by atoms with Crippen molar-refractivity contribution in [3.8, 4) is 33.4 Å². The lowest BCUT2D eigenvalue weighted by molar-refractivity contribution is 0.547. The number of hydrogen-bond donors (Lipinski definition) is 0. The SMILES string of the molecule is CC1=CC(C)C2C(=C1)C(C)(C)c1ccc(-c3cccc(N(c4ccc(-c5ccc6c(c5)sc5ccccc56)cc4)c4cccc(-c5ccccc5)c4)c3)cc12. The summed E-state index contributed by atoms with van der Waals surface area (Å²) in [7, 11) is 0. The molecular weight excluding hydrogens is 683 g/mol. The van der Waals surface area contributed by atoms with E-state index in [-0.39, 0.29) is 5.41 Å².